The van der Waals surface area contributed by atoms with E-state index in [-0.39, 0.29) is 39.7 Å². The summed E-state index contributed by atoms with van der Waals surface area (Å²) in [6, 6.07) is 14.6. The first-order chi connectivity index (χ1) is 16.3. The molecule has 1 aromatic heterocycles. The summed E-state index contributed by atoms with van der Waals surface area (Å²) in [5.41, 5.74) is 1.87. The van der Waals surface area contributed by atoms with E-state index in [1.54, 1.807) is 30.3 Å². The largest absolute Gasteiger partial charge is 0.618 e. The predicted molar refractivity (Wildman–Crippen MR) is 126 cm³/mol. The molecule has 1 heterocycles. The van der Waals surface area contributed by atoms with Crippen LogP contribution in [0.4, 0.5) is 4.39 Å². The number of carbonyl (C=O) groups is 2. The molecule has 1 atom stereocenters. The van der Waals surface area contributed by atoms with Crippen molar-refractivity contribution in [3.8, 4) is 17.2 Å². The Hall–Kier alpha value is -3.56. The minimum absolute atomic E-state index is 0.0400. The Labute approximate surface area is 202 Å². The second-order valence-electron chi connectivity index (χ2n) is 8.69. The number of Topliss-reactive ketones (excluding diaryl/α,β-unsaturated/α-hetero) is 2. The average Bonchev–Trinajstić information content (AvgIpc) is 3.64. The Morgan fingerprint density at radius 3 is 2.47 bits per heavy atom. The number of nitriles is 1. The highest BCUT2D eigenvalue weighted by Gasteiger charge is 2.34. The van der Waals surface area contributed by atoms with Gasteiger partial charge in [-0.25, -0.2) is 4.39 Å². The van der Waals surface area contributed by atoms with Crippen molar-refractivity contribution in [2.45, 2.75) is 38.5 Å². The van der Waals surface area contributed by atoms with E-state index in [0.29, 0.717) is 28.3 Å². The highest BCUT2D eigenvalue weighted by molar-refractivity contribution is 6.31. The van der Waals surface area contributed by atoms with Gasteiger partial charge in [0.1, 0.15) is 5.92 Å². The number of aromatic nitrogens is 1. The summed E-state index contributed by atoms with van der Waals surface area (Å²) in [7, 11) is 0. The van der Waals surface area contributed by atoms with Crippen LogP contribution < -0.4 is 4.73 Å². The number of nitrogens with zero attached hydrogens (tertiary/aromatic N) is 2. The van der Waals surface area contributed by atoms with Crippen LogP contribution in [0.25, 0.3) is 11.1 Å². The Morgan fingerprint density at radius 2 is 1.88 bits per heavy atom. The number of hydrogen-bond donors (Lipinski definition) is 0. The van der Waals surface area contributed by atoms with Gasteiger partial charge in [-0.2, -0.15) is 9.99 Å². The van der Waals surface area contributed by atoms with Crippen LogP contribution in [0, 0.1) is 28.3 Å². The molecule has 0 spiro atoms. The summed E-state index contributed by atoms with van der Waals surface area (Å²) >= 11 is 5.89. The molecule has 34 heavy (non-hydrogen) atoms. The quantitative estimate of drug-likeness (QED) is 0.242. The number of rotatable bonds is 8. The highest BCUT2D eigenvalue weighted by atomic mass is 35.5. The van der Waals surface area contributed by atoms with Gasteiger partial charge in [0.25, 0.3) is 0 Å². The van der Waals surface area contributed by atoms with Crippen molar-refractivity contribution in [2.75, 3.05) is 0 Å². The van der Waals surface area contributed by atoms with Gasteiger partial charge in [-0.3, -0.25) is 9.59 Å². The minimum atomic E-state index is -0.770. The van der Waals surface area contributed by atoms with Crippen LogP contribution >= 0.6 is 11.6 Å². The van der Waals surface area contributed by atoms with E-state index in [9.17, 15) is 24.4 Å². The van der Waals surface area contributed by atoms with Crippen LogP contribution in [0.2, 0.25) is 5.02 Å². The minimum Gasteiger partial charge on any atom is -0.618 e. The number of ketones is 2. The van der Waals surface area contributed by atoms with Gasteiger partial charge in [0.15, 0.2) is 23.6 Å². The molecule has 4 rings (SSSR count). The van der Waals surface area contributed by atoms with Gasteiger partial charge >= 0.3 is 0 Å². The highest BCUT2D eigenvalue weighted by Crippen LogP contribution is 2.39. The second kappa shape index (κ2) is 9.74. The summed E-state index contributed by atoms with van der Waals surface area (Å²) in [6.07, 6.45) is 3.94. The molecule has 1 fully saturated rings. The summed E-state index contributed by atoms with van der Waals surface area (Å²) < 4.78 is 15.3. The molecule has 1 aliphatic rings. The smallest absolute Gasteiger partial charge is 0.203 e. The van der Waals surface area contributed by atoms with Crippen molar-refractivity contribution >= 4 is 23.2 Å². The van der Waals surface area contributed by atoms with Crippen LogP contribution in [0.5, 0.6) is 0 Å². The van der Waals surface area contributed by atoms with E-state index >= 15 is 0 Å². The van der Waals surface area contributed by atoms with Gasteiger partial charge in [-0.05, 0) is 43.0 Å². The lowest BCUT2D eigenvalue weighted by Gasteiger charge is -2.17. The number of hydrogen-bond acceptors (Lipinski definition) is 4. The molecule has 7 heteroatoms. The normalized spacial score (nSPS) is 13.8. The first-order valence-electron chi connectivity index (χ1n) is 11.0. The molecule has 2 aromatic carbocycles. The third-order valence-corrected chi connectivity index (χ3v) is 6.49. The van der Waals surface area contributed by atoms with Crippen LogP contribution in [0.15, 0.2) is 54.7 Å². The van der Waals surface area contributed by atoms with E-state index in [1.165, 1.54) is 31.3 Å². The van der Waals surface area contributed by atoms with Crippen LogP contribution in [0.1, 0.15) is 59.3 Å². The predicted octanol–water partition coefficient (Wildman–Crippen LogP) is 5.55. The molecule has 5 nitrogen and oxygen atoms in total. The third-order valence-electron chi connectivity index (χ3n) is 6.20. The fourth-order valence-corrected chi connectivity index (χ4v) is 4.28. The summed E-state index contributed by atoms with van der Waals surface area (Å²) in [4.78, 5) is 24.8. The first-order valence-corrected chi connectivity index (χ1v) is 11.4. The fourth-order valence-electron chi connectivity index (χ4n) is 4.12. The molecule has 0 amide bonds. The molecule has 1 unspecified atom stereocenters. The second-order valence-corrected chi connectivity index (χ2v) is 9.10. The number of benzene rings is 2. The average molecular weight is 477 g/mol. The molecule has 0 bridgehead atoms. The molecule has 3 aromatic rings. The van der Waals surface area contributed by atoms with Gasteiger partial charge in [0.2, 0.25) is 5.69 Å². The lowest BCUT2D eigenvalue weighted by Crippen LogP contribution is -2.36. The van der Waals surface area contributed by atoms with Crippen LogP contribution in [0.3, 0.4) is 0 Å². The van der Waals surface area contributed by atoms with Crippen molar-refractivity contribution in [3.05, 3.63) is 93.2 Å². The topological polar surface area (TPSA) is 84.9 Å². The summed E-state index contributed by atoms with van der Waals surface area (Å²) in [6.45, 7) is 1.48. The van der Waals surface area contributed by atoms with Crippen molar-refractivity contribution in [1.29, 1.82) is 5.26 Å². The van der Waals surface area contributed by atoms with Crippen molar-refractivity contribution in [3.63, 3.8) is 0 Å². The van der Waals surface area contributed by atoms with E-state index in [4.69, 9.17) is 11.6 Å². The van der Waals surface area contributed by atoms with Gasteiger partial charge < -0.3 is 5.21 Å². The zero-order valence-corrected chi connectivity index (χ0v) is 19.3. The number of carbonyl (C=O) groups excluding carboxylic acids is 2. The van der Waals surface area contributed by atoms with Crippen molar-refractivity contribution in [1.82, 2.24) is 0 Å². The maximum Gasteiger partial charge on any atom is 0.203 e. The Balaban J connectivity index is 1.65. The van der Waals surface area contributed by atoms with Crippen LogP contribution in [-0.2, 0) is 11.2 Å². The van der Waals surface area contributed by atoms with Gasteiger partial charge in [-0.1, -0.05) is 48.7 Å². The van der Waals surface area contributed by atoms with E-state index in [1.807, 2.05) is 6.07 Å². The third kappa shape index (κ3) is 5.00. The van der Waals surface area contributed by atoms with E-state index in [0.717, 1.165) is 18.4 Å². The Morgan fingerprint density at radius 1 is 1.18 bits per heavy atom. The number of pyridine rings is 1. The zero-order valence-electron chi connectivity index (χ0n) is 18.6. The zero-order chi connectivity index (χ0) is 24.4. The molecule has 0 saturated heterocycles. The Bertz CT molecular complexity index is 1310. The molecule has 1 aliphatic carbocycles. The van der Waals surface area contributed by atoms with Gasteiger partial charge in [0, 0.05) is 23.6 Å². The lowest BCUT2D eigenvalue weighted by atomic mass is 9.89. The molecule has 1 saturated carbocycles. The van der Waals surface area contributed by atoms with Crippen molar-refractivity contribution in [2.24, 2.45) is 5.92 Å². The van der Waals surface area contributed by atoms with Gasteiger partial charge in [0.05, 0.1) is 22.2 Å². The SMILES string of the molecule is CC(=O)c1ccc(CC(=O)C(CC2CC2)c2ccc(-c3c(C#N)ccc(Cl)c3F)c[n+]2[O-])cc1. The lowest BCUT2D eigenvalue weighted by molar-refractivity contribution is -0.614. The van der Waals surface area contributed by atoms with Crippen LogP contribution in [-0.4, -0.2) is 11.6 Å². The first kappa shape index (κ1) is 23.6. The summed E-state index contributed by atoms with van der Waals surface area (Å²) in [5.74, 6) is -1.12. The van der Waals surface area contributed by atoms with Gasteiger partial charge in [-0.15, -0.1) is 0 Å². The van der Waals surface area contributed by atoms with Crippen molar-refractivity contribution < 1.29 is 18.7 Å². The fraction of sp³-hybridized carbons (Fsp3) is 0.259. The maximum atomic E-state index is 14.7. The molecule has 0 aliphatic heterocycles. The molecule has 0 radical (unpaired) electrons. The number of halogens is 2. The van der Waals surface area contributed by atoms with E-state index in [2.05, 4.69) is 0 Å². The summed E-state index contributed by atoms with van der Waals surface area (Å²) in [5, 5.41) is 22.2. The maximum absolute atomic E-state index is 14.7. The molecule has 0 N–H and O–H groups in total. The molecular weight excluding hydrogens is 455 g/mol. The molecular formula is C27H22ClFN2O3. The monoisotopic (exact) mass is 476 g/mol. The standard InChI is InChI=1S/C27H22ClFN2O3/c1-16(32)19-6-4-18(5-7-19)13-25(33)22(12-17-2-3-17)24-11-9-21(15-31(24)34)26-20(14-30)8-10-23(28)27(26)29/h4-11,15,17,22H,2-3,12-13H2,1H3. The van der Waals surface area contributed by atoms with E-state index < -0.39 is 11.7 Å². The Kier molecular flexibility index (Phi) is 6.76. The molecule has 172 valence electrons.